The lowest BCUT2D eigenvalue weighted by Gasteiger charge is -2.34. The minimum atomic E-state index is 0.0598. The van der Waals surface area contributed by atoms with Gasteiger partial charge in [0.2, 0.25) is 0 Å². The molecule has 0 amide bonds. The van der Waals surface area contributed by atoms with Crippen LogP contribution in [0.15, 0.2) is 36.5 Å². The van der Waals surface area contributed by atoms with Gasteiger partial charge in [-0.2, -0.15) is 5.26 Å². The molecule has 1 saturated heterocycles. The van der Waals surface area contributed by atoms with Gasteiger partial charge in [-0.25, -0.2) is 5.01 Å². The number of fused-ring (bicyclic) bond motifs is 7. The maximum Gasteiger partial charge on any atom is 0.197 e. The molecule has 27 heavy (non-hydrogen) atoms. The fourth-order valence-corrected chi connectivity index (χ4v) is 4.42. The van der Waals surface area contributed by atoms with Gasteiger partial charge in [0.1, 0.15) is 11.4 Å². The van der Waals surface area contributed by atoms with Crippen LogP contribution in [-0.4, -0.2) is 48.6 Å². The van der Waals surface area contributed by atoms with Crippen LogP contribution in [0, 0.1) is 11.3 Å². The lowest BCUT2D eigenvalue weighted by atomic mass is 10.0. The molecule has 4 heterocycles. The summed E-state index contributed by atoms with van der Waals surface area (Å²) in [5.74, 6) is 0.0598. The van der Waals surface area contributed by atoms with E-state index >= 15 is 0 Å². The van der Waals surface area contributed by atoms with Crippen molar-refractivity contribution in [2.24, 2.45) is 0 Å². The monoisotopic (exact) mass is 355 g/mol. The minimum absolute atomic E-state index is 0.0598. The highest BCUT2D eigenvalue weighted by Gasteiger charge is 2.44. The van der Waals surface area contributed by atoms with E-state index < -0.39 is 0 Å². The molecule has 1 aromatic heterocycles. The molecule has 0 saturated carbocycles. The highest BCUT2D eigenvalue weighted by atomic mass is 16.1. The van der Waals surface area contributed by atoms with Crippen LogP contribution in [0.2, 0.25) is 0 Å². The number of ketones is 1. The van der Waals surface area contributed by atoms with Crippen LogP contribution in [0.4, 0.5) is 17.1 Å². The van der Waals surface area contributed by atoms with E-state index in [1.165, 1.54) is 5.69 Å². The number of piperazine rings is 1. The van der Waals surface area contributed by atoms with Crippen molar-refractivity contribution in [3.63, 3.8) is 0 Å². The average Bonchev–Trinajstić information content (AvgIpc) is 3.35. The number of hydrogen-bond acceptors (Lipinski definition) is 5. The molecule has 0 spiro atoms. The second kappa shape index (κ2) is 4.90. The van der Waals surface area contributed by atoms with Crippen LogP contribution in [0.5, 0.6) is 0 Å². The molecule has 2 bridgehead atoms. The summed E-state index contributed by atoms with van der Waals surface area (Å²) in [5.41, 5.74) is 6.31. The van der Waals surface area contributed by atoms with E-state index in [1.54, 1.807) is 6.07 Å². The van der Waals surface area contributed by atoms with Crippen LogP contribution >= 0.6 is 0 Å². The molecular weight excluding hydrogens is 338 g/mol. The molecule has 3 aliphatic rings. The lowest BCUT2D eigenvalue weighted by Crippen LogP contribution is -2.44. The van der Waals surface area contributed by atoms with Crippen molar-refractivity contribution in [1.82, 2.24) is 9.58 Å². The summed E-state index contributed by atoms with van der Waals surface area (Å²) in [4.78, 5) is 17.9. The number of carbonyl (C=O) groups is 1. The molecule has 0 N–H and O–H groups in total. The molecule has 0 aliphatic carbocycles. The number of benzene rings is 2. The van der Waals surface area contributed by atoms with E-state index in [-0.39, 0.29) is 5.78 Å². The molecule has 6 heteroatoms. The van der Waals surface area contributed by atoms with Crippen molar-refractivity contribution in [3.05, 3.63) is 53.2 Å². The molecule has 3 aliphatic heterocycles. The summed E-state index contributed by atoms with van der Waals surface area (Å²) in [6, 6.07) is 11.8. The van der Waals surface area contributed by atoms with Crippen molar-refractivity contribution in [1.29, 1.82) is 5.26 Å². The zero-order valence-corrected chi connectivity index (χ0v) is 14.9. The van der Waals surface area contributed by atoms with Gasteiger partial charge >= 0.3 is 0 Å². The standard InChI is InChI=1S/C21H17N5O/c1-23-6-8-24(9-7-23)17-5-4-15-19-20(17)26(19)25-12-16(21(15)27)14-3-2-13(11-22)10-18(14)25/h2-5,10,12H,6-9H2,1H3. The second-order valence-corrected chi connectivity index (χ2v) is 7.49. The number of nitriles is 1. The third-order valence-corrected chi connectivity index (χ3v) is 5.97. The van der Waals surface area contributed by atoms with Gasteiger partial charge in [0.15, 0.2) is 5.78 Å². The maximum absolute atomic E-state index is 13.2. The van der Waals surface area contributed by atoms with Crippen molar-refractivity contribution in [3.8, 4) is 6.07 Å². The predicted octanol–water partition coefficient (Wildman–Crippen LogP) is 2.72. The SMILES string of the molecule is CN1CCN(c2ccc3c4c2N4n2cc(c4ccc(C#N)cc42)C3=O)CC1. The van der Waals surface area contributed by atoms with Crippen LogP contribution in [0.3, 0.4) is 0 Å². The zero-order chi connectivity index (χ0) is 18.3. The van der Waals surface area contributed by atoms with E-state index in [0.29, 0.717) is 11.1 Å². The van der Waals surface area contributed by atoms with Gasteiger partial charge in [0, 0.05) is 37.8 Å². The fraction of sp³-hybridized carbons (Fsp3) is 0.238. The van der Waals surface area contributed by atoms with Gasteiger partial charge in [-0.1, -0.05) is 6.07 Å². The van der Waals surface area contributed by atoms with E-state index in [0.717, 1.165) is 54.0 Å². The summed E-state index contributed by atoms with van der Waals surface area (Å²) < 4.78 is 2.03. The van der Waals surface area contributed by atoms with E-state index in [4.69, 9.17) is 0 Å². The summed E-state index contributed by atoms with van der Waals surface area (Å²) in [7, 11) is 2.15. The molecular formula is C21H17N5O. The van der Waals surface area contributed by atoms with Crippen LogP contribution < -0.4 is 9.91 Å². The lowest BCUT2D eigenvalue weighted by molar-refractivity contribution is 0.104. The van der Waals surface area contributed by atoms with Crippen molar-refractivity contribution in [2.75, 3.05) is 43.1 Å². The molecule has 3 aromatic rings. The van der Waals surface area contributed by atoms with Gasteiger partial charge < -0.3 is 9.80 Å². The van der Waals surface area contributed by atoms with Gasteiger partial charge in [-0.05, 0) is 31.3 Å². The van der Waals surface area contributed by atoms with Crippen molar-refractivity contribution >= 4 is 33.7 Å². The molecule has 0 unspecified atom stereocenters. The van der Waals surface area contributed by atoms with Crippen molar-refractivity contribution in [2.45, 2.75) is 0 Å². The molecule has 0 atom stereocenters. The molecule has 1 fully saturated rings. The van der Waals surface area contributed by atoms with Crippen LogP contribution in [0.25, 0.3) is 10.9 Å². The molecule has 132 valence electrons. The smallest absolute Gasteiger partial charge is 0.197 e. The normalized spacial score (nSPS) is 17.7. The Morgan fingerprint density at radius 3 is 2.59 bits per heavy atom. The van der Waals surface area contributed by atoms with Crippen LogP contribution in [-0.2, 0) is 0 Å². The molecule has 0 radical (unpaired) electrons. The van der Waals surface area contributed by atoms with Gasteiger partial charge in [0.05, 0.1) is 34.0 Å². The van der Waals surface area contributed by atoms with E-state index in [1.807, 2.05) is 29.1 Å². The third kappa shape index (κ3) is 1.84. The molecule has 6 nitrogen and oxygen atoms in total. The Balaban J connectivity index is 1.53. The number of carbonyl (C=O) groups excluding carboxylic acids is 1. The fourth-order valence-electron chi connectivity index (χ4n) is 4.42. The van der Waals surface area contributed by atoms with Crippen molar-refractivity contribution < 1.29 is 4.79 Å². The Kier molecular flexibility index (Phi) is 2.69. The Morgan fingerprint density at radius 2 is 1.81 bits per heavy atom. The number of likely N-dealkylation sites (N-methyl/N-ethyl adjacent to an activating group) is 1. The quantitative estimate of drug-likeness (QED) is 0.433. The number of nitrogens with zero attached hydrogens (tertiary/aromatic N) is 5. The first-order valence-corrected chi connectivity index (χ1v) is 9.18. The second-order valence-electron chi connectivity index (χ2n) is 7.49. The Morgan fingerprint density at radius 1 is 1.00 bits per heavy atom. The Hall–Kier alpha value is -3.30. The first-order valence-electron chi connectivity index (χ1n) is 9.18. The first-order chi connectivity index (χ1) is 13.2. The number of aromatic nitrogens is 1. The van der Waals surface area contributed by atoms with Gasteiger partial charge in [0.25, 0.3) is 0 Å². The summed E-state index contributed by atoms with van der Waals surface area (Å²) in [6.45, 7) is 4.05. The highest BCUT2D eigenvalue weighted by Crippen LogP contribution is 2.59. The number of hydrogen-bond donors (Lipinski definition) is 0. The largest absolute Gasteiger partial charge is 0.367 e. The number of anilines is 3. The Bertz CT molecular complexity index is 1190. The zero-order valence-electron chi connectivity index (χ0n) is 14.9. The third-order valence-electron chi connectivity index (χ3n) is 5.97. The molecule has 2 aromatic carbocycles. The first kappa shape index (κ1) is 14.8. The Labute approximate surface area is 156 Å². The van der Waals surface area contributed by atoms with Crippen LogP contribution in [0.1, 0.15) is 21.5 Å². The topological polar surface area (TPSA) is 55.3 Å². The molecule has 6 rings (SSSR count). The minimum Gasteiger partial charge on any atom is -0.367 e. The average molecular weight is 355 g/mol. The van der Waals surface area contributed by atoms with Gasteiger partial charge in [-0.15, -0.1) is 0 Å². The summed E-state index contributed by atoms with van der Waals surface area (Å²) in [5, 5.41) is 12.3. The summed E-state index contributed by atoms with van der Waals surface area (Å²) >= 11 is 0. The number of rotatable bonds is 1. The van der Waals surface area contributed by atoms with E-state index in [2.05, 4.69) is 34.0 Å². The maximum atomic E-state index is 13.2. The van der Waals surface area contributed by atoms with Gasteiger partial charge in [-0.3, -0.25) is 9.47 Å². The summed E-state index contributed by atoms with van der Waals surface area (Å²) in [6.07, 6.45) is 1.91. The van der Waals surface area contributed by atoms with E-state index in [9.17, 15) is 10.1 Å². The predicted molar refractivity (Wildman–Crippen MR) is 104 cm³/mol. The highest BCUT2D eigenvalue weighted by molar-refractivity contribution is 6.26.